The Kier molecular flexibility index (Phi) is 7.58. The number of ether oxygens (including phenoxy) is 1. The average molecular weight is 487 g/mol. The summed E-state index contributed by atoms with van der Waals surface area (Å²) in [5.41, 5.74) is 6.26. The highest BCUT2D eigenvalue weighted by Crippen LogP contribution is 2.26. The first-order valence-corrected chi connectivity index (χ1v) is 12.5. The molecule has 1 N–H and O–H groups in total. The zero-order valence-corrected chi connectivity index (χ0v) is 21.7. The van der Waals surface area contributed by atoms with E-state index in [4.69, 9.17) is 9.84 Å². The molecule has 0 spiro atoms. The molecule has 7 heteroatoms. The third-order valence-corrected chi connectivity index (χ3v) is 6.54. The van der Waals surface area contributed by atoms with Gasteiger partial charge in [-0.1, -0.05) is 29.8 Å². The lowest BCUT2D eigenvalue weighted by atomic mass is 10.0. The fourth-order valence-corrected chi connectivity index (χ4v) is 4.63. The van der Waals surface area contributed by atoms with E-state index in [1.807, 2.05) is 87.8 Å². The van der Waals surface area contributed by atoms with Crippen molar-refractivity contribution in [2.24, 2.45) is 0 Å². The maximum Gasteiger partial charge on any atom is 0.255 e. The van der Waals surface area contributed by atoms with Gasteiger partial charge in [0.05, 0.1) is 18.0 Å². The lowest BCUT2D eigenvalue weighted by molar-refractivity contribution is -0.121. The normalized spacial score (nSPS) is 11.1. The molecule has 0 unspecified atom stereocenters. The molecule has 0 aliphatic carbocycles. The van der Waals surface area contributed by atoms with Crippen molar-refractivity contribution in [2.45, 2.75) is 60.5 Å². The van der Waals surface area contributed by atoms with Crippen LogP contribution in [0, 0.1) is 20.8 Å². The van der Waals surface area contributed by atoms with Crippen molar-refractivity contribution in [3.63, 3.8) is 0 Å². The van der Waals surface area contributed by atoms with E-state index >= 15 is 0 Å². The maximum atomic E-state index is 13.5. The summed E-state index contributed by atoms with van der Waals surface area (Å²) in [6.45, 7) is 11.5. The molecule has 0 radical (unpaired) electrons. The third-order valence-electron chi connectivity index (χ3n) is 6.54. The fraction of sp³-hybridized carbons (Fsp3) is 0.345. The van der Waals surface area contributed by atoms with Gasteiger partial charge in [-0.2, -0.15) is 5.10 Å². The van der Waals surface area contributed by atoms with Crippen molar-refractivity contribution in [1.82, 2.24) is 19.7 Å². The largest absolute Gasteiger partial charge is 0.494 e. The number of nitrogens with one attached hydrogen (secondary N) is 1. The van der Waals surface area contributed by atoms with E-state index in [0.29, 0.717) is 31.7 Å². The van der Waals surface area contributed by atoms with Crippen LogP contribution in [-0.4, -0.2) is 26.9 Å². The summed E-state index contributed by atoms with van der Waals surface area (Å²) in [6.07, 6.45) is 0.623. The van der Waals surface area contributed by atoms with Gasteiger partial charge in [-0.15, -0.1) is 0 Å². The van der Waals surface area contributed by atoms with E-state index in [0.717, 1.165) is 39.3 Å². The van der Waals surface area contributed by atoms with Crippen LogP contribution in [0.15, 0.2) is 53.3 Å². The number of benzene rings is 2. The molecule has 2 aromatic heterocycles. The van der Waals surface area contributed by atoms with E-state index < -0.39 is 0 Å². The number of amides is 1. The highest BCUT2D eigenvalue weighted by molar-refractivity contribution is 5.85. The van der Waals surface area contributed by atoms with Gasteiger partial charge in [-0.25, -0.2) is 4.68 Å². The molecular formula is C29H34N4O3. The van der Waals surface area contributed by atoms with Crippen LogP contribution in [0.2, 0.25) is 0 Å². The number of rotatable bonds is 9. The molecule has 0 bridgehead atoms. The topological polar surface area (TPSA) is 78.2 Å². The summed E-state index contributed by atoms with van der Waals surface area (Å²) in [5, 5.41) is 8.72. The van der Waals surface area contributed by atoms with Crippen molar-refractivity contribution < 1.29 is 9.53 Å². The summed E-state index contributed by atoms with van der Waals surface area (Å²) in [4.78, 5) is 26.2. The summed E-state index contributed by atoms with van der Waals surface area (Å²) in [7, 11) is 0. The van der Waals surface area contributed by atoms with Gasteiger partial charge in [0.25, 0.3) is 5.56 Å². The van der Waals surface area contributed by atoms with Crippen molar-refractivity contribution in [3.05, 3.63) is 86.8 Å². The van der Waals surface area contributed by atoms with Crippen LogP contribution in [0.5, 0.6) is 5.75 Å². The van der Waals surface area contributed by atoms with Crippen molar-refractivity contribution in [3.8, 4) is 11.4 Å². The Morgan fingerprint density at radius 2 is 1.69 bits per heavy atom. The monoisotopic (exact) mass is 486 g/mol. The van der Waals surface area contributed by atoms with Gasteiger partial charge < -0.3 is 10.1 Å². The van der Waals surface area contributed by atoms with E-state index in [9.17, 15) is 9.59 Å². The molecule has 4 rings (SSSR count). The average Bonchev–Trinajstić information content (AvgIpc) is 3.21. The van der Waals surface area contributed by atoms with Gasteiger partial charge in [-0.05, 0) is 76.4 Å². The van der Waals surface area contributed by atoms with E-state index in [1.165, 1.54) is 5.56 Å². The van der Waals surface area contributed by atoms with Gasteiger partial charge in [0.2, 0.25) is 5.91 Å². The number of fused-ring (bicyclic) bond motifs is 1. The predicted molar refractivity (Wildman–Crippen MR) is 143 cm³/mol. The Morgan fingerprint density at radius 3 is 2.33 bits per heavy atom. The molecule has 2 aromatic carbocycles. The van der Waals surface area contributed by atoms with E-state index in [2.05, 4.69) is 5.32 Å². The lowest BCUT2D eigenvalue weighted by Crippen LogP contribution is -2.28. The maximum absolute atomic E-state index is 13.5. The second-order valence-corrected chi connectivity index (χ2v) is 9.04. The molecule has 188 valence electrons. The van der Waals surface area contributed by atoms with Crippen LogP contribution in [0.4, 0.5) is 0 Å². The smallest absolute Gasteiger partial charge is 0.255 e. The quantitative estimate of drug-likeness (QED) is 0.369. The number of hydrogen-bond acceptors (Lipinski definition) is 4. The minimum absolute atomic E-state index is 0.0601. The third kappa shape index (κ3) is 5.05. The first kappa shape index (κ1) is 25.2. The van der Waals surface area contributed by atoms with Gasteiger partial charge in [0.1, 0.15) is 11.4 Å². The van der Waals surface area contributed by atoms with Crippen molar-refractivity contribution in [1.29, 1.82) is 0 Å². The Bertz CT molecular complexity index is 1430. The number of aromatic nitrogens is 3. The molecule has 0 fully saturated rings. The SMILES string of the molecule is CCOc1ccc(CNC(=O)CCc2c(C)c3c(C)nn(-c4ccc(C)cc4)c3n(CC)c2=O)cc1. The molecule has 0 aliphatic heterocycles. The van der Waals surface area contributed by atoms with Crippen LogP contribution >= 0.6 is 0 Å². The second kappa shape index (κ2) is 10.8. The molecule has 4 aromatic rings. The van der Waals surface area contributed by atoms with Crippen LogP contribution in [0.3, 0.4) is 0 Å². The number of carbonyl (C=O) groups excluding carboxylic acids is 1. The second-order valence-electron chi connectivity index (χ2n) is 9.04. The van der Waals surface area contributed by atoms with Gasteiger partial charge >= 0.3 is 0 Å². The number of pyridine rings is 1. The molecule has 7 nitrogen and oxygen atoms in total. The van der Waals surface area contributed by atoms with Crippen molar-refractivity contribution in [2.75, 3.05) is 6.61 Å². The van der Waals surface area contributed by atoms with E-state index in [-0.39, 0.29) is 17.9 Å². The molecular weight excluding hydrogens is 452 g/mol. The fourth-order valence-electron chi connectivity index (χ4n) is 4.63. The van der Waals surface area contributed by atoms with E-state index in [1.54, 1.807) is 4.57 Å². The zero-order valence-electron chi connectivity index (χ0n) is 21.7. The standard InChI is InChI=1S/C29H34N4O3/c1-6-32-28-27(21(5)31-33(28)23-12-8-19(3)9-13-23)20(4)25(29(32)35)16-17-26(34)30-18-22-10-14-24(15-11-22)36-7-2/h8-15H,6-7,16-18H2,1-5H3,(H,30,34). The van der Waals surface area contributed by atoms with Crippen molar-refractivity contribution >= 4 is 16.9 Å². The Balaban J connectivity index is 1.56. The first-order chi connectivity index (χ1) is 17.3. The lowest BCUT2D eigenvalue weighted by Gasteiger charge is -2.14. The van der Waals surface area contributed by atoms with Gasteiger partial charge in [0, 0.05) is 30.5 Å². The molecule has 36 heavy (non-hydrogen) atoms. The number of aryl methyl sites for hydroxylation is 4. The highest BCUT2D eigenvalue weighted by Gasteiger charge is 2.21. The molecule has 2 heterocycles. The number of carbonyl (C=O) groups is 1. The number of nitrogens with zero attached hydrogens (tertiary/aromatic N) is 3. The van der Waals surface area contributed by atoms with Crippen LogP contribution in [0.25, 0.3) is 16.7 Å². The predicted octanol–water partition coefficient (Wildman–Crippen LogP) is 4.78. The Hall–Kier alpha value is -3.87. The zero-order chi connectivity index (χ0) is 25.8. The summed E-state index contributed by atoms with van der Waals surface area (Å²) in [5.74, 6) is 0.726. The highest BCUT2D eigenvalue weighted by atomic mass is 16.5. The molecule has 0 aliphatic rings. The Labute approximate surface area is 211 Å². The van der Waals surface area contributed by atoms with Crippen LogP contribution in [0.1, 0.15) is 48.2 Å². The molecule has 0 saturated heterocycles. The minimum atomic E-state index is -0.0853. The Morgan fingerprint density at radius 1 is 1.00 bits per heavy atom. The summed E-state index contributed by atoms with van der Waals surface area (Å²) in [6, 6.07) is 15.8. The molecule has 0 saturated carbocycles. The summed E-state index contributed by atoms with van der Waals surface area (Å²) >= 11 is 0. The first-order valence-electron chi connectivity index (χ1n) is 12.5. The van der Waals surface area contributed by atoms with Crippen LogP contribution < -0.4 is 15.6 Å². The number of hydrogen-bond donors (Lipinski definition) is 1. The molecule has 0 atom stereocenters. The van der Waals surface area contributed by atoms with Crippen LogP contribution in [-0.2, 0) is 24.3 Å². The van der Waals surface area contributed by atoms with Gasteiger partial charge in [-0.3, -0.25) is 14.2 Å². The summed E-state index contributed by atoms with van der Waals surface area (Å²) < 4.78 is 9.09. The minimum Gasteiger partial charge on any atom is -0.494 e. The molecule has 1 amide bonds. The van der Waals surface area contributed by atoms with Gasteiger partial charge in [0.15, 0.2) is 0 Å².